The van der Waals surface area contributed by atoms with E-state index in [1.54, 1.807) is 19.1 Å². The topological polar surface area (TPSA) is 83.6 Å². The highest BCUT2D eigenvalue weighted by Crippen LogP contribution is 2.16. The maximum Gasteiger partial charge on any atom is 0.243 e. The van der Waals surface area contributed by atoms with E-state index in [1.807, 2.05) is 0 Å². The predicted octanol–water partition coefficient (Wildman–Crippen LogP) is 2.36. The van der Waals surface area contributed by atoms with E-state index < -0.39 is 15.9 Å². The molecule has 0 spiro atoms. The third kappa shape index (κ3) is 5.45. The molecule has 0 atom stereocenters. The number of amides is 1. The van der Waals surface area contributed by atoms with E-state index >= 15 is 0 Å². The van der Waals surface area contributed by atoms with Gasteiger partial charge in [-0.25, -0.2) is 12.8 Å². The van der Waals surface area contributed by atoms with Crippen LogP contribution >= 0.6 is 0 Å². The molecule has 0 fully saturated rings. The Kier molecular flexibility index (Phi) is 6.81. The van der Waals surface area contributed by atoms with Gasteiger partial charge in [-0.15, -0.1) is 0 Å². The molecule has 0 aliphatic rings. The maximum atomic E-state index is 12.9. The van der Waals surface area contributed by atoms with Crippen molar-refractivity contribution in [1.29, 1.82) is 0 Å². The zero-order valence-electron chi connectivity index (χ0n) is 15.1. The van der Waals surface area contributed by atoms with E-state index in [0.29, 0.717) is 11.1 Å². The van der Waals surface area contributed by atoms with Crippen LogP contribution in [-0.4, -0.2) is 37.5 Å². The number of ketones is 1. The van der Waals surface area contributed by atoms with Gasteiger partial charge in [-0.2, -0.15) is 4.31 Å². The van der Waals surface area contributed by atoms with Gasteiger partial charge in [0.1, 0.15) is 5.82 Å². The van der Waals surface area contributed by atoms with Crippen LogP contribution in [0.1, 0.15) is 29.8 Å². The Bertz CT molecular complexity index is 910. The summed E-state index contributed by atoms with van der Waals surface area (Å²) in [5.74, 6) is -0.999. The van der Waals surface area contributed by atoms with Crippen LogP contribution in [0.15, 0.2) is 53.4 Å². The summed E-state index contributed by atoms with van der Waals surface area (Å²) in [4.78, 5) is 23.5. The number of likely N-dealkylation sites (N-methyl/N-ethyl adjacent to an activating group) is 1. The summed E-state index contributed by atoms with van der Waals surface area (Å²) < 4.78 is 39.4. The Morgan fingerprint density at radius 2 is 1.63 bits per heavy atom. The number of carbonyl (C=O) groups excluding carboxylic acids is 2. The van der Waals surface area contributed by atoms with Crippen molar-refractivity contribution < 1.29 is 22.4 Å². The summed E-state index contributed by atoms with van der Waals surface area (Å²) in [6.07, 6.45) is 0. The van der Waals surface area contributed by atoms with Gasteiger partial charge in [0.2, 0.25) is 15.9 Å². The van der Waals surface area contributed by atoms with Gasteiger partial charge in [-0.3, -0.25) is 9.59 Å². The lowest BCUT2D eigenvalue weighted by Gasteiger charge is -2.20. The van der Waals surface area contributed by atoms with Gasteiger partial charge in [-0.05, 0) is 36.8 Å². The Balaban J connectivity index is 2.04. The summed E-state index contributed by atoms with van der Waals surface area (Å²) in [7, 11) is -3.87. The molecule has 0 saturated heterocycles. The quantitative estimate of drug-likeness (QED) is 0.699. The number of rotatable bonds is 8. The molecule has 0 aromatic heterocycles. The Labute approximate surface area is 158 Å². The summed E-state index contributed by atoms with van der Waals surface area (Å²) in [5, 5.41) is 2.62. The number of hydrogen-bond donors (Lipinski definition) is 1. The van der Waals surface area contributed by atoms with Crippen LogP contribution in [0, 0.1) is 5.82 Å². The average molecular weight is 392 g/mol. The van der Waals surface area contributed by atoms with Crippen LogP contribution in [0.4, 0.5) is 4.39 Å². The zero-order valence-corrected chi connectivity index (χ0v) is 15.9. The van der Waals surface area contributed by atoms with Crippen molar-refractivity contribution in [3.8, 4) is 0 Å². The van der Waals surface area contributed by atoms with E-state index in [0.717, 1.165) is 4.31 Å². The number of hydrogen-bond acceptors (Lipinski definition) is 4. The van der Waals surface area contributed by atoms with Crippen molar-refractivity contribution in [2.24, 2.45) is 0 Å². The molecule has 144 valence electrons. The molecule has 6 nitrogen and oxygen atoms in total. The zero-order chi connectivity index (χ0) is 20.0. The largest absolute Gasteiger partial charge is 0.351 e. The van der Waals surface area contributed by atoms with Crippen molar-refractivity contribution in [2.75, 3.05) is 13.1 Å². The number of Topliss-reactive ketones (excluding diaryl/α,β-unsaturated/α-hetero) is 1. The lowest BCUT2D eigenvalue weighted by Crippen LogP contribution is -2.40. The van der Waals surface area contributed by atoms with E-state index in [9.17, 15) is 22.4 Å². The summed E-state index contributed by atoms with van der Waals surface area (Å²) in [6.45, 7) is 2.97. The van der Waals surface area contributed by atoms with Gasteiger partial charge in [-0.1, -0.05) is 31.2 Å². The van der Waals surface area contributed by atoms with Crippen LogP contribution in [0.25, 0.3) is 0 Å². The van der Waals surface area contributed by atoms with Crippen molar-refractivity contribution in [3.05, 3.63) is 65.5 Å². The van der Waals surface area contributed by atoms with Crippen LogP contribution in [0.5, 0.6) is 0 Å². The van der Waals surface area contributed by atoms with E-state index in [4.69, 9.17) is 0 Å². The van der Waals surface area contributed by atoms with Crippen molar-refractivity contribution in [3.63, 3.8) is 0 Å². The molecule has 0 saturated carbocycles. The van der Waals surface area contributed by atoms with E-state index in [1.165, 1.54) is 43.3 Å². The van der Waals surface area contributed by atoms with Crippen LogP contribution in [0.3, 0.4) is 0 Å². The molecule has 1 N–H and O–H groups in total. The molecule has 0 radical (unpaired) electrons. The number of nitrogens with zero attached hydrogens (tertiary/aromatic N) is 1. The summed E-state index contributed by atoms with van der Waals surface area (Å²) >= 11 is 0. The lowest BCUT2D eigenvalue weighted by atomic mass is 10.2. The SMILES string of the molecule is CCN(CC(=O)NCc1ccc(F)cc1)S(=O)(=O)c1ccc(C(C)=O)cc1. The van der Waals surface area contributed by atoms with Crippen LogP contribution in [-0.2, 0) is 21.4 Å². The molecule has 2 rings (SSSR count). The normalized spacial score (nSPS) is 11.4. The fourth-order valence-corrected chi connectivity index (χ4v) is 3.80. The minimum atomic E-state index is -3.87. The molecular formula is C19H21FN2O4S. The van der Waals surface area contributed by atoms with E-state index in [2.05, 4.69) is 5.32 Å². The molecule has 1 amide bonds. The standard InChI is InChI=1S/C19H21FN2O4S/c1-3-22(13-19(24)21-12-15-4-8-17(20)9-5-15)27(25,26)18-10-6-16(7-11-18)14(2)23/h4-11H,3,12-13H2,1-2H3,(H,21,24). The number of halogens is 1. The van der Waals surface area contributed by atoms with Gasteiger partial charge in [0.15, 0.2) is 5.78 Å². The molecular weight excluding hydrogens is 371 g/mol. The molecule has 0 bridgehead atoms. The molecule has 0 aliphatic carbocycles. The van der Waals surface area contributed by atoms with Gasteiger partial charge in [0.25, 0.3) is 0 Å². The fraction of sp³-hybridized carbons (Fsp3) is 0.263. The van der Waals surface area contributed by atoms with Crippen molar-refractivity contribution in [2.45, 2.75) is 25.3 Å². The van der Waals surface area contributed by atoms with Gasteiger partial charge >= 0.3 is 0 Å². The highest BCUT2D eigenvalue weighted by Gasteiger charge is 2.25. The highest BCUT2D eigenvalue weighted by atomic mass is 32.2. The number of sulfonamides is 1. The lowest BCUT2D eigenvalue weighted by molar-refractivity contribution is -0.121. The molecule has 27 heavy (non-hydrogen) atoms. The Morgan fingerprint density at radius 1 is 1.04 bits per heavy atom. The average Bonchev–Trinajstić information content (AvgIpc) is 2.65. The molecule has 8 heteroatoms. The van der Waals surface area contributed by atoms with Crippen LogP contribution < -0.4 is 5.32 Å². The van der Waals surface area contributed by atoms with Gasteiger partial charge in [0.05, 0.1) is 11.4 Å². The van der Waals surface area contributed by atoms with Gasteiger partial charge in [0, 0.05) is 18.7 Å². The summed E-state index contributed by atoms with van der Waals surface area (Å²) in [6, 6.07) is 11.2. The van der Waals surface area contributed by atoms with Gasteiger partial charge < -0.3 is 5.32 Å². The molecule has 0 heterocycles. The summed E-state index contributed by atoms with van der Waals surface area (Å²) in [5.41, 5.74) is 1.12. The minimum Gasteiger partial charge on any atom is -0.351 e. The van der Waals surface area contributed by atoms with Crippen molar-refractivity contribution in [1.82, 2.24) is 9.62 Å². The number of nitrogens with one attached hydrogen (secondary N) is 1. The third-order valence-electron chi connectivity index (χ3n) is 3.97. The predicted molar refractivity (Wildman–Crippen MR) is 99.1 cm³/mol. The Hall–Kier alpha value is -2.58. The maximum absolute atomic E-state index is 12.9. The van der Waals surface area contributed by atoms with Crippen LogP contribution in [0.2, 0.25) is 0 Å². The molecule has 2 aromatic carbocycles. The number of benzene rings is 2. The van der Waals surface area contributed by atoms with Crippen molar-refractivity contribution >= 4 is 21.7 Å². The fourth-order valence-electron chi connectivity index (χ4n) is 2.40. The minimum absolute atomic E-state index is 0.0145. The molecule has 0 unspecified atom stereocenters. The second-order valence-electron chi connectivity index (χ2n) is 5.91. The van der Waals surface area contributed by atoms with E-state index in [-0.39, 0.29) is 36.1 Å². The monoisotopic (exact) mass is 392 g/mol. The first-order valence-corrected chi connectivity index (χ1v) is 9.80. The first-order valence-electron chi connectivity index (χ1n) is 8.36. The molecule has 2 aromatic rings. The number of carbonyl (C=O) groups is 2. The first-order chi connectivity index (χ1) is 12.7. The second kappa shape index (κ2) is 8.88. The first kappa shape index (κ1) is 20.7. The molecule has 0 aliphatic heterocycles. The third-order valence-corrected chi connectivity index (χ3v) is 5.91. The smallest absolute Gasteiger partial charge is 0.243 e. The Morgan fingerprint density at radius 3 is 2.15 bits per heavy atom. The highest BCUT2D eigenvalue weighted by molar-refractivity contribution is 7.89. The second-order valence-corrected chi connectivity index (χ2v) is 7.85.